The molecule has 1 aromatic rings. The second-order valence-electron chi connectivity index (χ2n) is 4.46. The van der Waals surface area contributed by atoms with Crippen molar-refractivity contribution in [2.75, 3.05) is 18.6 Å². The Morgan fingerprint density at radius 2 is 2.16 bits per heavy atom. The summed E-state index contributed by atoms with van der Waals surface area (Å²) in [5.41, 5.74) is 0.230. The van der Waals surface area contributed by atoms with E-state index in [9.17, 15) is 13.2 Å². The molecule has 2 heterocycles. The number of rotatable bonds is 2. The number of amides is 1. The van der Waals surface area contributed by atoms with Crippen molar-refractivity contribution < 1.29 is 13.2 Å². The van der Waals surface area contributed by atoms with Crippen LogP contribution < -0.4 is 0 Å². The van der Waals surface area contributed by atoms with Crippen LogP contribution >= 0.6 is 23.2 Å². The van der Waals surface area contributed by atoms with E-state index in [1.54, 1.807) is 7.05 Å². The number of sulfone groups is 1. The first-order chi connectivity index (χ1) is 8.80. The number of nitrogens with zero attached hydrogens (tertiary/aromatic N) is 2. The summed E-state index contributed by atoms with van der Waals surface area (Å²) in [6, 6.07) is 1.06. The monoisotopic (exact) mass is 322 g/mol. The smallest absolute Gasteiger partial charge is 0.255 e. The number of hydrogen-bond acceptors (Lipinski definition) is 4. The topological polar surface area (TPSA) is 67.3 Å². The molecule has 0 saturated carbocycles. The molecular weight excluding hydrogens is 311 g/mol. The Kier molecular flexibility index (Phi) is 4.03. The Labute approximate surface area is 121 Å². The van der Waals surface area contributed by atoms with Gasteiger partial charge in [-0.05, 0) is 12.5 Å². The molecule has 1 aliphatic rings. The van der Waals surface area contributed by atoms with Gasteiger partial charge in [0, 0.05) is 19.3 Å². The third-order valence-corrected chi connectivity index (χ3v) is 5.39. The SMILES string of the molecule is CN(C(=O)c1cc(Cl)ncc1Cl)C1CCS(=O)(=O)C1. The predicted octanol–water partition coefficient (Wildman–Crippen LogP) is 1.65. The number of halogens is 2. The highest BCUT2D eigenvalue weighted by Crippen LogP contribution is 2.23. The number of hydrogen-bond donors (Lipinski definition) is 0. The summed E-state index contributed by atoms with van der Waals surface area (Å²) >= 11 is 11.6. The van der Waals surface area contributed by atoms with Crippen molar-refractivity contribution in [3.05, 3.63) is 28.0 Å². The van der Waals surface area contributed by atoms with Crippen molar-refractivity contribution in [3.8, 4) is 0 Å². The summed E-state index contributed by atoms with van der Waals surface area (Å²) in [6.45, 7) is 0. The van der Waals surface area contributed by atoms with Gasteiger partial charge in [0.05, 0.1) is 22.1 Å². The first-order valence-electron chi connectivity index (χ1n) is 5.59. The molecule has 104 valence electrons. The van der Waals surface area contributed by atoms with Gasteiger partial charge < -0.3 is 4.90 Å². The lowest BCUT2D eigenvalue weighted by molar-refractivity contribution is 0.0748. The van der Waals surface area contributed by atoms with Crippen molar-refractivity contribution in [2.24, 2.45) is 0 Å². The molecule has 0 N–H and O–H groups in total. The van der Waals surface area contributed by atoms with Gasteiger partial charge in [-0.3, -0.25) is 4.79 Å². The quantitative estimate of drug-likeness (QED) is 0.776. The molecule has 5 nitrogen and oxygen atoms in total. The van der Waals surface area contributed by atoms with Crippen molar-refractivity contribution in [1.29, 1.82) is 0 Å². The van der Waals surface area contributed by atoms with Gasteiger partial charge in [0.15, 0.2) is 9.84 Å². The molecule has 0 aliphatic carbocycles. The van der Waals surface area contributed by atoms with Gasteiger partial charge in [-0.25, -0.2) is 13.4 Å². The average Bonchev–Trinajstić information content (AvgIpc) is 2.71. The fraction of sp³-hybridized carbons (Fsp3) is 0.455. The highest BCUT2D eigenvalue weighted by Gasteiger charge is 2.33. The minimum absolute atomic E-state index is 0.00826. The fourth-order valence-corrected chi connectivity index (χ4v) is 4.13. The third kappa shape index (κ3) is 3.19. The number of pyridine rings is 1. The van der Waals surface area contributed by atoms with Crippen LogP contribution in [0.3, 0.4) is 0 Å². The fourth-order valence-electron chi connectivity index (χ4n) is 2.01. The van der Waals surface area contributed by atoms with Crippen molar-refractivity contribution in [3.63, 3.8) is 0 Å². The standard InChI is InChI=1S/C11H12Cl2N2O3S/c1-15(7-2-3-19(17,18)6-7)11(16)8-4-10(13)14-5-9(8)12/h4-5,7H,2-3,6H2,1H3. The van der Waals surface area contributed by atoms with Gasteiger partial charge in [0.1, 0.15) is 5.15 Å². The Morgan fingerprint density at radius 3 is 2.74 bits per heavy atom. The summed E-state index contributed by atoms with van der Waals surface area (Å²) in [7, 11) is -1.47. The first kappa shape index (κ1) is 14.6. The van der Waals surface area contributed by atoms with E-state index in [0.717, 1.165) is 0 Å². The van der Waals surface area contributed by atoms with Gasteiger partial charge in [-0.2, -0.15) is 0 Å². The second-order valence-corrected chi connectivity index (χ2v) is 7.48. The van der Waals surface area contributed by atoms with Crippen LogP contribution in [-0.4, -0.2) is 48.8 Å². The maximum Gasteiger partial charge on any atom is 0.255 e. The normalized spacial score (nSPS) is 21.3. The average molecular weight is 323 g/mol. The summed E-state index contributed by atoms with van der Waals surface area (Å²) in [5, 5.41) is 0.363. The molecule has 1 aliphatic heterocycles. The molecule has 2 rings (SSSR count). The van der Waals surface area contributed by atoms with Crippen LogP contribution in [-0.2, 0) is 9.84 Å². The maximum atomic E-state index is 12.3. The Hall–Kier alpha value is -0.850. The zero-order chi connectivity index (χ0) is 14.2. The number of aromatic nitrogens is 1. The van der Waals surface area contributed by atoms with Gasteiger partial charge >= 0.3 is 0 Å². The molecule has 1 unspecified atom stereocenters. The molecule has 1 amide bonds. The molecule has 1 saturated heterocycles. The Bertz CT molecular complexity index is 618. The van der Waals surface area contributed by atoms with E-state index in [0.29, 0.717) is 6.42 Å². The van der Waals surface area contributed by atoms with Crippen LogP contribution in [0.15, 0.2) is 12.3 Å². The maximum absolute atomic E-state index is 12.3. The van der Waals surface area contributed by atoms with E-state index < -0.39 is 9.84 Å². The van der Waals surface area contributed by atoms with Gasteiger partial charge in [0.2, 0.25) is 0 Å². The first-order valence-corrected chi connectivity index (χ1v) is 8.16. The summed E-state index contributed by atoms with van der Waals surface area (Å²) in [4.78, 5) is 17.4. The third-order valence-electron chi connectivity index (χ3n) is 3.13. The second kappa shape index (κ2) is 5.26. The summed E-state index contributed by atoms with van der Waals surface area (Å²) < 4.78 is 22.9. The van der Waals surface area contributed by atoms with Crippen LogP contribution in [0, 0.1) is 0 Å². The zero-order valence-electron chi connectivity index (χ0n) is 10.1. The van der Waals surface area contributed by atoms with E-state index in [1.165, 1.54) is 17.2 Å². The largest absolute Gasteiger partial charge is 0.338 e. The van der Waals surface area contributed by atoms with E-state index in [1.807, 2.05) is 0 Å². The molecule has 0 radical (unpaired) electrons. The number of carbonyl (C=O) groups is 1. The van der Waals surface area contributed by atoms with Crippen LogP contribution in [0.4, 0.5) is 0 Å². The van der Waals surface area contributed by atoms with Gasteiger partial charge in [-0.1, -0.05) is 23.2 Å². The lowest BCUT2D eigenvalue weighted by atomic mass is 10.2. The van der Waals surface area contributed by atoms with Crippen molar-refractivity contribution in [1.82, 2.24) is 9.88 Å². The van der Waals surface area contributed by atoms with Crippen LogP contribution in [0.1, 0.15) is 16.8 Å². The summed E-state index contributed by atoms with van der Waals surface area (Å²) in [5.74, 6) is -0.248. The van der Waals surface area contributed by atoms with Crippen LogP contribution in [0.5, 0.6) is 0 Å². The predicted molar refractivity (Wildman–Crippen MR) is 73.4 cm³/mol. The van der Waals surface area contributed by atoms with Crippen molar-refractivity contribution in [2.45, 2.75) is 12.5 Å². The lowest BCUT2D eigenvalue weighted by Gasteiger charge is -2.23. The molecule has 1 atom stereocenters. The van der Waals surface area contributed by atoms with Crippen LogP contribution in [0.2, 0.25) is 10.2 Å². The van der Waals surface area contributed by atoms with E-state index >= 15 is 0 Å². The molecular formula is C11H12Cl2N2O3S. The number of carbonyl (C=O) groups excluding carboxylic acids is 1. The van der Waals surface area contributed by atoms with Gasteiger partial charge in [-0.15, -0.1) is 0 Å². The van der Waals surface area contributed by atoms with E-state index in [-0.39, 0.29) is 39.2 Å². The molecule has 0 spiro atoms. The molecule has 19 heavy (non-hydrogen) atoms. The highest BCUT2D eigenvalue weighted by atomic mass is 35.5. The minimum atomic E-state index is -3.04. The molecule has 8 heteroatoms. The van der Waals surface area contributed by atoms with Crippen LogP contribution in [0.25, 0.3) is 0 Å². The molecule has 1 fully saturated rings. The highest BCUT2D eigenvalue weighted by molar-refractivity contribution is 7.91. The molecule has 1 aromatic heterocycles. The molecule has 0 aromatic carbocycles. The van der Waals surface area contributed by atoms with Gasteiger partial charge in [0.25, 0.3) is 5.91 Å². The lowest BCUT2D eigenvalue weighted by Crippen LogP contribution is -2.38. The molecule has 0 bridgehead atoms. The summed E-state index contributed by atoms with van der Waals surface area (Å²) in [6.07, 6.45) is 1.75. The Balaban J connectivity index is 2.22. The van der Waals surface area contributed by atoms with Crippen molar-refractivity contribution >= 4 is 38.9 Å². The Morgan fingerprint density at radius 1 is 1.47 bits per heavy atom. The van der Waals surface area contributed by atoms with E-state index in [4.69, 9.17) is 23.2 Å². The zero-order valence-corrected chi connectivity index (χ0v) is 12.5. The van der Waals surface area contributed by atoms with E-state index in [2.05, 4.69) is 4.98 Å². The minimum Gasteiger partial charge on any atom is -0.338 e.